The molecular weight excluding hydrogens is 320 g/mol. The van der Waals surface area contributed by atoms with Gasteiger partial charge in [-0.25, -0.2) is 4.98 Å². The lowest BCUT2D eigenvalue weighted by molar-refractivity contribution is 0.443. The van der Waals surface area contributed by atoms with Crippen molar-refractivity contribution in [3.63, 3.8) is 0 Å². The number of furan rings is 1. The van der Waals surface area contributed by atoms with Gasteiger partial charge in [0, 0.05) is 28.2 Å². The molecule has 3 nitrogen and oxygen atoms in total. The fraction of sp³-hybridized carbons (Fsp3) is 0.304. The van der Waals surface area contributed by atoms with E-state index in [0.717, 1.165) is 33.3 Å². The van der Waals surface area contributed by atoms with Crippen LogP contribution < -0.4 is 0 Å². The molecule has 0 unspecified atom stereocenters. The van der Waals surface area contributed by atoms with Crippen molar-refractivity contribution in [2.45, 2.75) is 44.9 Å². The summed E-state index contributed by atoms with van der Waals surface area (Å²) in [4.78, 5) is 9.15. The van der Waals surface area contributed by atoms with Crippen LogP contribution in [0.5, 0.6) is 0 Å². The van der Waals surface area contributed by atoms with E-state index in [1.165, 1.54) is 37.7 Å². The molecule has 0 spiro atoms. The molecule has 0 atom stereocenters. The highest BCUT2D eigenvalue weighted by atomic mass is 16.3. The second kappa shape index (κ2) is 6.24. The molecule has 26 heavy (non-hydrogen) atoms. The van der Waals surface area contributed by atoms with Crippen molar-refractivity contribution in [2.24, 2.45) is 0 Å². The van der Waals surface area contributed by atoms with Crippen LogP contribution in [0.1, 0.15) is 49.3 Å². The molecule has 0 amide bonds. The topological polar surface area (TPSA) is 38.9 Å². The lowest BCUT2D eigenvalue weighted by Crippen LogP contribution is -2.04. The third-order valence-corrected chi connectivity index (χ3v) is 5.63. The SMILES string of the molecule is Cc1ccc2c(n1)oc1ccc(-c3cc(C4CCCCC4)ccn3)cc12. The summed E-state index contributed by atoms with van der Waals surface area (Å²) in [5.74, 6) is 0.691. The highest BCUT2D eigenvalue weighted by Crippen LogP contribution is 2.35. The first-order chi connectivity index (χ1) is 12.8. The van der Waals surface area contributed by atoms with Crippen molar-refractivity contribution < 1.29 is 4.42 Å². The Labute approximate surface area is 153 Å². The van der Waals surface area contributed by atoms with Gasteiger partial charge in [-0.05, 0) is 73.7 Å². The minimum atomic E-state index is 0.691. The smallest absolute Gasteiger partial charge is 0.227 e. The predicted octanol–water partition coefficient (Wildman–Crippen LogP) is 6.40. The van der Waals surface area contributed by atoms with Crippen molar-refractivity contribution >= 4 is 22.1 Å². The molecule has 1 aromatic carbocycles. The number of aromatic nitrogens is 2. The zero-order valence-electron chi connectivity index (χ0n) is 15.0. The Morgan fingerprint density at radius 1 is 0.923 bits per heavy atom. The van der Waals surface area contributed by atoms with Gasteiger partial charge in [-0.3, -0.25) is 4.98 Å². The van der Waals surface area contributed by atoms with Gasteiger partial charge in [-0.1, -0.05) is 19.3 Å². The van der Waals surface area contributed by atoms with Gasteiger partial charge in [0.25, 0.3) is 0 Å². The third-order valence-electron chi connectivity index (χ3n) is 5.63. The van der Waals surface area contributed by atoms with Gasteiger partial charge in [0.1, 0.15) is 5.58 Å². The van der Waals surface area contributed by atoms with Crippen molar-refractivity contribution in [1.82, 2.24) is 9.97 Å². The van der Waals surface area contributed by atoms with E-state index in [0.29, 0.717) is 11.6 Å². The number of benzene rings is 1. The number of rotatable bonds is 2. The first kappa shape index (κ1) is 15.6. The number of hydrogen-bond donors (Lipinski definition) is 0. The molecule has 1 aliphatic rings. The van der Waals surface area contributed by atoms with E-state index in [4.69, 9.17) is 4.42 Å². The maximum atomic E-state index is 5.91. The van der Waals surface area contributed by atoms with E-state index in [9.17, 15) is 0 Å². The van der Waals surface area contributed by atoms with Gasteiger partial charge >= 0.3 is 0 Å². The van der Waals surface area contributed by atoms with Crippen LogP contribution >= 0.6 is 0 Å². The van der Waals surface area contributed by atoms with Crippen LogP contribution in [0.4, 0.5) is 0 Å². The van der Waals surface area contributed by atoms with Gasteiger partial charge in [0.15, 0.2) is 0 Å². The lowest BCUT2D eigenvalue weighted by atomic mass is 9.84. The third kappa shape index (κ3) is 2.68. The summed E-state index contributed by atoms with van der Waals surface area (Å²) in [6.45, 7) is 1.98. The quantitative estimate of drug-likeness (QED) is 0.423. The van der Waals surface area contributed by atoms with Crippen LogP contribution in [-0.4, -0.2) is 9.97 Å². The van der Waals surface area contributed by atoms with Gasteiger partial charge in [0.2, 0.25) is 5.71 Å². The highest BCUT2D eigenvalue weighted by Gasteiger charge is 2.16. The molecule has 1 saturated carbocycles. The number of pyridine rings is 2. The Bertz CT molecular complexity index is 1090. The monoisotopic (exact) mass is 342 g/mol. The molecule has 1 aliphatic carbocycles. The zero-order chi connectivity index (χ0) is 17.5. The molecule has 3 heterocycles. The molecule has 0 bridgehead atoms. The normalized spacial score (nSPS) is 15.7. The highest BCUT2D eigenvalue weighted by molar-refractivity contribution is 6.04. The molecule has 0 radical (unpaired) electrons. The molecule has 1 fully saturated rings. The lowest BCUT2D eigenvalue weighted by Gasteiger charge is -2.22. The first-order valence-electron chi connectivity index (χ1n) is 9.54. The van der Waals surface area contributed by atoms with Gasteiger partial charge < -0.3 is 4.42 Å². The summed E-state index contributed by atoms with van der Waals surface area (Å²) in [6.07, 6.45) is 8.65. The Kier molecular flexibility index (Phi) is 3.74. The van der Waals surface area contributed by atoms with E-state index in [1.54, 1.807) is 0 Å². The summed E-state index contributed by atoms with van der Waals surface area (Å²) in [5, 5.41) is 2.17. The van der Waals surface area contributed by atoms with Crippen LogP contribution in [-0.2, 0) is 0 Å². The minimum absolute atomic E-state index is 0.691. The number of aryl methyl sites for hydroxylation is 1. The van der Waals surface area contributed by atoms with Crippen LogP contribution in [0.25, 0.3) is 33.3 Å². The maximum Gasteiger partial charge on any atom is 0.227 e. The Balaban J connectivity index is 1.59. The van der Waals surface area contributed by atoms with Gasteiger partial charge in [-0.15, -0.1) is 0 Å². The molecule has 0 N–H and O–H groups in total. The summed E-state index contributed by atoms with van der Waals surface area (Å²) in [5.41, 5.74) is 6.18. The number of hydrogen-bond acceptors (Lipinski definition) is 3. The fourth-order valence-electron chi connectivity index (χ4n) is 4.20. The number of nitrogens with zero attached hydrogens (tertiary/aromatic N) is 2. The van der Waals surface area contributed by atoms with Crippen molar-refractivity contribution in [3.8, 4) is 11.3 Å². The van der Waals surface area contributed by atoms with E-state index in [-0.39, 0.29) is 0 Å². The average molecular weight is 342 g/mol. The van der Waals surface area contributed by atoms with Crippen molar-refractivity contribution in [3.05, 3.63) is 59.9 Å². The van der Waals surface area contributed by atoms with Crippen LogP contribution in [0, 0.1) is 6.92 Å². The molecule has 130 valence electrons. The van der Waals surface area contributed by atoms with Gasteiger partial charge in [-0.2, -0.15) is 0 Å². The van der Waals surface area contributed by atoms with E-state index in [2.05, 4.69) is 40.3 Å². The van der Waals surface area contributed by atoms with E-state index >= 15 is 0 Å². The van der Waals surface area contributed by atoms with Crippen molar-refractivity contribution in [1.29, 1.82) is 0 Å². The molecule has 5 rings (SSSR count). The molecule has 3 heteroatoms. The van der Waals surface area contributed by atoms with Crippen LogP contribution in [0.2, 0.25) is 0 Å². The van der Waals surface area contributed by atoms with E-state index in [1.807, 2.05) is 25.3 Å². The fourth-order valence-corrected chi connectivity index (χ4v) is 4.20. The zero-order valence-corrected chi connectivity index (χ0v) is 15.0. The average Bonchev–Trinajstić information content (AvgIpc) is 3.05. The first-order valence-corrected chi connectivity index (χ1v) is 9.54. The molecule has 3 aromatic heterocycles. The molecule has 0 aliphatic heterocycles. The largest absolute Gasteiger partial charge is 0.438 e. The predicted molar refractivity (Wildman–Crippen MR) is 105 cm³/mol. The van der Waals surface area contributed by atoms with Gasteiger partial charge in [0.05, 0.1) is 5.69 Å². The summed E-state index contributed by atoms with van der Waals surface area (Å²) < 4.78 is 5.91. The molecule has 4 aromatic rings. The van der Waals surface area contributed by atoms with Crippen LogP contribution in [0.15, 0.2) is 53.1 Å². The van der Waals surface area contributed by atoms with Crippen LogP contribution in [0.3, 0.4) is 0 Å². The van der Waals surface area contributed by atoms with E-state index < -0.39 is 0 Å². The second-order valence-corrected chi connectivity index (χ2v) is 7.43. The van der Waals surface area contributed by atoms with Crippen molar-refractivity contribution in [2.75, 3.05) is 0 Å². The second-order valence-electron chi connectivity index (χ2n) is 7.43. The summed E-state index contributed by atoms with van der Waals surface area (Å²) in [7, 11) is 0. The maximum absolute atomic E-state index is 5.91. The molecular formula is C23H22N2O. The Morgan fingerprint density at radius 2 is 1.81 bits per heavy atom. The standard InChI is InChI=1S/C23H22N2O/c1-15-7-9-19-20-13-18(8-10-22(20)26-23(19)25-15)21-14-17(11-12-24-21)16-5-3-2-4-6-16/h7-14,16H,2-6H2,1H3. The Morgan fingerprint density at radius 3 is 2.69 bits per heavy atom. The minimum Gasteiger partial charge on any atom is -0.438 e. The molecule has 0 saturated heterocycles. The summed E-state index contributed by atoms with van der Waals surface area (Å²) in [6, 6.07) is 14.9. The summed E-state index contributed by atoms with van der Waals surface area (Å²) >= 11 is 0. The Hall–Kier alpha value is -2.68. The number of fused-ring (bicyclic) bond motifs is 3.